The maximum atomic E-state index is 11.6. The van der Waals surface area contributed by atoms with Gasteiger partial charge >= 0.3 is 0 Å². The summed E-state index contributed by atoms with van der Waals surface area (Å²) in [5.74, 6) is 10.5. The fraction of sp³-hybridized carbons (Fsp3) is 0.308. The number of para-hydroxylation sites is 1. The van der Waals surface area contributed by atoms with Gasteiger partial charge in [-0.3, -0.25) is 4.90 Å². The number of hydrogen-bond acceptors (Lipinski definition) is 7. The summed E-state index contributed by atoms with van der Waals surface area (Å²) in [5, 5.41) is 11.8. The number of hydrogen-bond donors (Lipinski definition) is 0. The van der Waals surface area contributed by atoms with Gasteiger partial charge < -0.3 is 35.2 Å². The first-order valence-corrected chi connectivity index (χ1v) is 11.4. The van der Waals surface area contributed by atoms with E-state index in [1.54, 1.807) is 25.3 Å². The fourth-order valence-electron chi connectivity index (χ4n) is 5.29. The smallest absolute Gasteiger partial charge is 0.231 e. The van der Waals surface area contributed by atoms with E-state index < -0.39 is 0 Å². The van der Waals surface area contributed by atoms with Crippen molar-refractivity contribution in [1.82, 2.24) is 4.90 Å². The van der Waals surface area contributed by atoms with Gasteiger partial charge in [-0.1, -0.05) is 24.3 Å². The van der Waals surface area contributed by atoms with Crippen LogP contribution in [0.4, 0.5) is 5.69 Å². The van der Waals surface area contributed by atoms with Crippen molar-refractivity contribution >= 4 is 5.69 Å². The van der Waals surface area contributed by atoms with Gasteiger partial charge in [0.15, 0.2) is 23.0 Å². The Hall–Kier alpha value is -3.46. The van der Waals surface area contributed by atoms with Crippen LogP contribution in [0.1, 0.15) is 33.9 Å². The molecule has 34 heavy (non-hydrogen) atoms. The highest BCUT2D eigenvalue weighted by Gasteiger charge is 2.35. The van der Waals surface area contributed by atoms with E-state index in [0.29, 0.717) is 17.1 Å². The lowest BCUT2D eigenvalue weighted by Gasteiger charge is -2.42. The van der Waals surface area contributed by atoms with Crippen molar-refractivity contribution in [3.8, 4) is 23.0 Å². The molecule has 0 saturated heterocycles. The number of ether oxygens (including phenoxy) is 4. The summed E-state index contributed by atoms with van der Waals surface area (Å²) in [5.41, 5.74) is 5.90. The molecule has 0 spiro atoms. The largest absolute Gasteiger partial charge is 0.776 e. The molecule has 0 saturated carbocycles. The molecular weight excluding hydrogens is 434 g/mol. The molecule has 0 amide bonds. The molecule has 3 aliphatic heterocycles. The van der Waals surface area contributed by atoms with E-state index in [0.717, 1.165) is 43.0 Å². The number of methoxy groups -OCH3 is 1. The molecule has 0 fully saturated rings. The maximum absolute atomic E-state index is 11.6. The third-order valence-electron chi connectivity index (χ3n) is 7.00. The minimum atomic E-state index is 0.123. The monoisotopic (exact) mass is 459 g/mol. The van der Waals surface area contributed by atoms with E-state index in [-0.39, 0.29) is 30.3 Å². The SMILES string of the molecule is COc1ccc2c(c1OCc1ccccc1N([NH-])[O-])CN1CCc3cc4c(cc3C1C2)OCO4. The fourth-order valence-corrected chi connectivity index (χ4v) is 5.29. The highest BCUT2D eigenvalue weighted by atomic mass is 16.7. The molecule has 0 aliphatic carbocycles. The average molecular weight is 460 g/mol. The van der Waals surface area contributed by atoms with E-state index in [1.165, 1.54) is 16.7 Å². The van der Waals surface area contributed by atoms with Gasteiger partial charge in [-0.2, -0.15) is 0 Å². The lowest BCUT2D eigenvalue weighted by Crippen LogP contribution is -2.39. The molecule has 6 rings (SSSR count). The average Bonchev–Trinajstić information content (AvgIpc) is 3.32. The summed E-state index contributed by atoms with van der Waals surface area (Å²) in [6.45, 7) is 2.15. The molecule has 8 heteroatoms. The Labute approximate surface area is 197 Å². The Morgan fingerprint density at radius 3 is 2.76 bits per heavy atom. The molecule has 3 aliphatic rings. The van der Waals surface area contributed by atoms with E-state index >= 15 is 0 Å². The first-order valence-electron chi connectivity index (χ1n) is 11.4. The molecule has 176 valence electrons. The summed E-state index contributed by atoms with van der Waals surface area (Å²) in [4.78, 5) is 2.48. The van der Waals surface area contributed by atoms with Gasteiger partial charge in [0, 0.05) is 35.9 Å². The molecule has 1 atom stereocenters. The van der Waals surface area contributed by atoms with Crippen molar-refractivity contribution in [3.05, 3.63) is 87.4 Å². The first kappa shape index (κ1) is 21.1. The van der Waals surface area contributed by atoms with Gasteiger partial charge in [0.1, 0.15) is 6.61 Å². The highest BCUT2D eigenvalue weighted by molar-refractivity contribution is 5.57. The van der Waals surface area contributed by atoms with Crippen molar-refractivity contribution in [2.24, 2.45) is 0 Å². The molecule has 0 bridgehead atoms. The number of benzene rings is 3. The second-order valence-corrected chi connectivity index (χ2v) is 8.79. The molecule has 3 heterocycles. The third-order valence-corrected chi connectivity index (χ3v) is 7.00. The van der Waals surface area contributed by atoms with Crippen LogP contribution in [0.3, 0.4) is 0 Å². The second-order valence-electron chi connectivity index (χ2n) is 8.79. The topological polar surface area (TPSA) is 90.3 Å². The van der Waals surface area contributed by atoms with Gasteiger partial charge in [0.05, 0.1) is 7.11 Å². The standard InChI is InChI=1S/C26H25N3O5/c1-31-23-7-6-16-10-22-19-12-25-24(33-15-34-25)11-17(19)8-9-28(22)13-20(16)26(23)32-14-18-4-2-3-5-21(18)29(27)30/h2-7,11-12,22,27H,8-10,13-15H2,1H3/q-2. The number of nitrogens with one attached hydrogen (secondary N) is 1. The van der Waals surface area contributed by atoms with Crippen LogP contribution in [0.5, 0.6) is 23.0 Å². The number of fused-ring (bicyclic) bond motifs is 5. The molecule has 3 aromatic carbocycles. The van der Waals surface area contributed by atoms with Gasteiger partial charge in [-0.25, -0.2) is 0 Å². The van der Waals surface area contributed by atoms with Crippen molar-refractivity contribution in [1.29, 1.82) is 0 Å². The highest BCUT2D eigenvalue weighted by Crippen LogP contribution is 2.46. The van der Waals surface area contributed by atoms with Crippen molar-refractivity contribution in [2.45, 2.75) is 32.0 Å². The zero-order valence-electron chi connectivity index (χ0n) is 18.9. The van der Waals surface area contributed by atoms with E-state index in [1.807, 2.05) is 12.1 Å². The van der Waals surface area contributed by atoms with Gasteiger partial charge in [-0.15, -0.1) is 0 Å². The predicted octanol–water partition coefficient (Wildman–Crippen LogP) is 4.93. The third kappa shape index (κ3) is 3.51. The normalized spacial score (nSPS) is 18.0. The lowest BCUT2D eigenvalue weighted by molar-refractivity contribution is 0.155. The van der Waals surface area contributed by atoms with Crippen LogP contribution in [0.15, 0.2) is 48.5 Å². The van der Waals surface area contributed by atoms with Gasteiger partial charge in [0.25, 0.3) is 0 Å². The van der Waals surface area contributed by atoms with E-state index in [9.17, 15) is 5.21 Å². The summed E-state index contributed by atoms with van der Waals surface area (Å²) in [6, 6.07) is 15.6. The first-order chi connectivity index (χ1) is 16.6. The number of nitrogens with zero attached hydrogens (tertiary/aromatic N) is 2. The summed E-state index contributed by atoms with van der Waals surface area (Å²) in [6.07, 6.45) is 1.81. The number of rotatable bonds is 5. The second kappa shape index (κ2) is 8.39. The zero-order chi connectivity index (χ0) is 23.2. The van der Waals surface area contributed by atoms with Crippen LogP contribution in [-0.4, -0.2) is 25.3 Å². The Morgan fingerprint density at radius 2 is 1.94 bits per heavy atom. The minimum absolute atomic E-state index is 0.123. The van der Waals surface area contributed by atoms with E-state index in [4.69, 9.17) is 24.8 Å². The van der Waals surface area contributed by atoms with Crippen LogP contribution in [0, 0.1) is 5.21 Å². The van der Waals surface area contributed by atoms with Crippen LogP contribution in [0.2, 0.25) is 0 Å². The van der Waals surface area contributed by atoms with Crippen LogP contribution in [-0.2, 0) is 26.0 Å². The molecule has 0 radical (unpaired) electrons. The quantitative estimate of drug-likeness (QED) is 0.500. The van der Waals surface area contributed by atoms with Crippen LogP contribution >= 0.6 is 0 Å². The Bertz CT molecular complexity index is 1250. The van der Waals surface area contributed by atoms with Gasteiger partial charge in [-0.05, 0) is 53.8 Å². The predicted molar refractivity (Wildman–Crippen MR) is 127 cm³/mol. The molecule has 1 N–H and O–H groups in total. The zero-order valence-corrected chi connectivity index (χ0v) is 18.9. The molecular formula is C26H25N3O5-2. The van der Waals surface area contributed by atoms with Crippen molar-refractivity contribution in [2.75, 3.05) is 25.6 Å². The van der Waals surface area contributed by atoms with Crippen molar-refractivity contribution in [3.63, 3.8) is 0 Å². The summed E-state index contributed by atoms with van der Waals surface area (Å²) in [7, 11) is 1.64. The summed E-state index contributed by atoms with van der Waals surface area (Å²) < 4.78 is 23.1. The molecule has 1 unspecified atom stereocenters. The Kier molecular flexibility index (Phi) is 5.21. The van der Waals surface area contributed by atoms with Crippen LogP contribution < -0.4 is 24.1 Å². The molecule has 0 aromatic heterocycles. The minimum Gasteiger partial charge on any atom is -0.776 e. The lowest BCUT2D eigenvalue weighted by atomic mass is 9.83. The van der Waals surface area contributed by atoms with E-state index in [2.05, 4.69) is 23.1 Å². The maximum Gasteiger partial charge on any atom is 0.231 e. The molecule has 3 aromatic rings. The van der Waals surface area contributed by atoms with Gasteiger partial charge in [0.2, 0.25) is 6.79 Å². The van der Waals surface area contributed by atoms with Crippen molar-refractivity contribution < 1.29 is 18.9 Å². The Morgan fingerprint density at radius 1 is 1.12 bits per heavy atom. The van der Waals surface area contributed by atoms with Crippen LogP contribution in [0.25, 0.3) is 5.84 Å². The molecule has 8 nitrogen and oxygen atoms in total. The Balaban J connectivity index is 1.32. The summed E-state index contributed by atoms with van der Waals surface area (Å²) >= 11 is 0. The number of anilines is 1.